The van der Waals surface area contributed by atoms with E-state index in [1.807, 2.05) is 0 Å². The molecule has 1 unspecified atom stereocenters. The van der Waals surface area contributed by atoms with Gasteiger partial charge >= 0.3 is 0 Å². The fraction of sp³-hybridized carbons (Fsp3) is 0.556. The maximum atomic E-state index is 2.64. The quantitative estimate of drug-likeness (QED) is 0.543. The third-order valence-electron chi connectivity index (χ3n) is 7.15. The molecular formula is C27H38N2. The third-order valence-corrected chi connectivity index (χ3v) is 7.15. The molecule has 0 N–H and O–H groups in total. The zero-order valence-corrected chi connectivity index (χ0v) is 19.1. The van der Waals surface area contributed by atoms with Gasteiger partial charge in [-0.25, -0.2) is 0 Å². The summed E-state index contributed by atoms with van der Waals surface area (Å²) < 4.78 is 0. The fourth-order valence-electron chi connectivity index (χ4n) is 5.20. The van der Waals surface area contributed by atoms with Crippen LogP contribution in [0.3, 0.4) is 0 Å². The Balaban J connectivity index is 1.31. The molecule has 4 rings (SSSR count). The van der Waals surface area contributed by atoms with Crippen LogP contribution >= 0.6 is 0 Å². The molecule has 0 aromatic heterocycles. The Morgan fingerprint density at radius 2 is 1.48 bits per heavy atom. The lowest BCUT2D eigenvalue weighted by Crippen LogP contribution is -2.18. The van der Waals surface area contributed by atoms with Crippen molar-refractivity contribution >= 4 is 0 Å². The van der Waals surface area contributed by atoms with E-state index >= 15 is 0 Å². The smallest absolute Gasteiger partial charge is 0.0240 e. The van der Waals surface area contributed by atoms with E-state index in [2.05, 4.69) is 74.8 Å². The van der Waals surface area contributed by atoms with Gasteiger partial charge in [-0.15, -0.1) is 0 Å². The second kappa shape index (κ2) is 8.62. The van der Waals surface area contributed by atoms with Crippen molar-refractivity contribution in [3.05, 3.63) is 69.3 Å². The summed E-state index contributed by atoms with van der Waals surface area (Å²) in [6.45, 7) is 18.5. The average Bonchev–Trinajstić information content (AvgIpc) is 3.28. The van der Waals surface area contributed by atoms with Gasteiger partial charge in [0, 0.05) is 26.2 Å². The Labute approximate surface area is 177 Å². The molecule has 0 aliphatic carbocycles. The topological polar surface area (TPSA) is 6.48 Å². The van der Waals surface area contributed by atoms with E-state index in [0.717, 1.165) is 32.7 Å². The number of benzene rings is 2. The van der Waals surface area contributed by atoms with E-state index in [1.165, 1.54) is 36.1 Å². The van der Waals surface area contributed by atoms with Crippen LogP contribution in [0.15, 0.2) is 30.3 Å². The van der Waals surface area contributed by atoms with E-state index in [0.29, 0.717) is 11.8 Å². The van der Waals surface area contributed by atoms with Crippen molar-refractivity contribution in [2.24, 2.45) is 0 Å². The first-order valence-electron chi connectivity index (χ1n) is 11.6. The SMILES string of the molecule is CCN1Cc2cc(C)c(C(C)CCCN3Cc4ccc(C(C)C)cc4C3)cc2C1. The Morgan fingerprint density at radius 3 is 2.21 bits per heavy atom. The Hall–Kier alpha value is -1.64. The zero-order valence-electron chi connectivity index (χ0n) is 19.1. The molecule has 29 heavy (non-hydrogen) atoms. The molecule has 2 aromatic carbocycles. The van der Waals surface area contributed by atoms with E-state index < -0.39 is 0 Å². The van der Waals surface area contributed by atoms with Crippen LogP contribution in [0.5, 0.6) is 0 Å². The summed E-state index contributed by atoms with van der Waals surface area (Å²) in [6.07, 6.45) is 2.56. The van der Waals surface area contributed by atoms with Gasteiger partial charge in [0.1, 0.15) is 0 Å². The Bertz CT molecular complexity index is 867. The lowest BCUT2D eigenvalue weighted by Gasteiger charge is -2.19. The minimum Gasteiger partial charge on any atom is -0.295 e. The first kappa shape index (κ1) is 20.6. The van der Waals surface area contributed by atoms with E-state index in [-0.39, 0.29) is 0 Å². The molecule has 0 saturated carbocycles. The van der Waals surface area contributed by atoms with Gasteiger partial charge in [0.25, 0.3) is 0 Å². The van der Waals surface area contributed by atoms with Gasteiger partial charge in [-0.2, -0.15) is 0 Å². The van der Waals surface area contributed by atoms with Crippen LogP contribution in [0.25, 0.3) is 0 Å². The zero-order chi connectivity index (χ0) is 20.5. The standard InChI is InChI=1S/C27H38N2/c1-6-28-16-24-12-21(5)27(14-26(24)17-28)20(4)8-7-11-29-15-23-10-9-22(19(2)3)13-25(23)18-29/h9-10,12-14,19-20H,6-8,11,15-18H2,1-5H3. The summed E-state index contributed by atoms with van der Waals surface area (Å²) in [5.41, 5.74) is 10.8. The van der Waals surface area contributed by atoms with E-state index in [9.17, 15) is 0 Å². The van der Waals surface area contributed by atoms with Crippen molar-refractivity contribution in [2.45, 2.75) is 85.5 Å². The minimum atomic E-state index is 0.621. The van der Waals surface area contributed by atoms with Gasteiger partial charge in [0.15, 0.2) is 0 Å². The number of hydrogen-bond acceptors (Lipinski definition) is 2. The molecule has 1 atom stereocenters. The van der Waals surface area contributed by atoms with Gasteiger partial charge in [-0.05, 0) is 83.6 Å². The minimum absolute atomic E-state index is 0.621. The molecule has 2 aliphatic heterocycles. The lowest BCUT2D eigenvalue weighted by molar-refractivity contribution is 0.275. The highest BCUT2D eigenvalue weighted by Crippen LogP contribution is 2.32. The summed E-state index contributed by atoms with van der Waals surface area (Å²) in [7, 11) is 0. The van der Waals surface area contributed by atoms with Gasteiger partial charge in [0.2, 0.25) is 0 Å². The van der Waals surface area contributed by atoms with Crippen molar-refractivity contribution in [3.63, 3.8) is 0 Å². The second-order valence-electron chi connectivity index (χ2n) is 9.72. The van der Waals surface area contributed by atoms with Crippen molar-refractivity contribution in [3.8, 4) is 0 Å². The molecule has 2 heterocycles. The molecular weight excluding hydrogens is 352 g/mol. The molecule has 0 saturated heterocycles. The van der Waals surface area contributed by atoms with Crippen LogP contribution in [0.1, 0.15) is 91.3 Å². The number of nitrogens with zero attached hydrogens (tertiary/aromatic N) is 2. The molecule has 0 spiro atoms. The summed E-state index contributed by atoms with van der Waals surface area (Å²) in [5.74, 6) is 1.27. The molecule has 0 amide bonds. The van der Waals surface area contributed by atoms with Crippen molar-refractivity contribution < 1.29 is 0 Å². The molecule has 2 aliphatic rings. The van der Waals surface area contributed by atoms with Gasteiger partial charge in [-0.3, -0.25) is 9.80 Å². The molecule has 0 bridgehead atoms. The van der Waals surface area contributed by atoms with Gasteiger partial charge in [-0.1, -0.05) is 58.0 Å². The first-order valence-corrected chi connectivity index (χ1v) is 11.6. The van der Waals surface area contributed by atoms with Crippen molar-refractivity contribution in [1.82, 2.24) is 9.80 Å². The predicted molar refractivity (Wildman–Crippen MR) is 123 cm³/mol. The third kappa shape index (κ3) is 4.44. The summed E-state index contributed by atoms with van der Waals surface area (Å²) in [4.78, 5) is 5.17. The fourth-order valence-corrected chi connectivity index (χ4v) is 5.20. The summed E-state index contributed by atoms with van der Waals surface area (Å²) >= 11 is 0. The van der Waals surface area contributed by atoms with Gasteiger partial charge in [0.05, 0.1) is 0 Å². The molecule has 0 radical (unpaired) electrons. The lowest BCUT2D eigenvalue weighted by atomic mass is 9.89. The van der Waals surface area contributed by atoms with Crippen LogP contribution in [0, 0.1) is 6.92 Å². The monoisotopic (exact) mass is 390 g/mol. The highest BCUT2D eigenvalue weighted by Gasteiger charge is 2.22. The highest BCUT2D eigenvalue weighted by molar-refractivity contribution is 5.41. The van der Waals surface area contributed by atoms with Crippen molar-refractivity contribution in [1.29, 1.82) is 0 Å². The first-order chi connectivity index (χ1) is 13.9. The maximum absolute atomic E-state index is 2.64. The highest BCUT2D eigenvalue weighted by atomic mass is 15.1. The van der Waals surface area contributed by atoms with Crippen LogP contribution in [0.4, 0.5) is 0 Å². The number of rotatable bonds is 7. The molecule has 2 aromatic rings. The second-order valence-corrected chi connectivity index (χ2v) is 9.72. The van der Waals surface area contributed by atoms with Crippen molar-refractivity contribution in [2.75, 3.05) is 13.1 Å². The molecule has 2 heteroatoms. The normalized spacial score (nSPS) is 17.7. The van der Waals surface area contributed by atoms with E-state index in [1.54, 1.807) is 22.3 Å². The number of hydrogen-bond donors (Lipinski definition) is 0. The van der Waals surface area contributed by atoms with Crippen LogP contribution in [-0.2, 0) is 26.2 Å². The average molecular weight is 391 g/mol. The Morgan fingerprint density at radius 1 is 0.828 bits per heavy atom. The number of fused-ring (bicyclic) bond motifs is 2. The van der Waals surface area contributed by atoms with Gasteiger partial charge < -0.3 is 0 Å². The number of aryl methyl sites for hydroxylation is 1. The predicted octanol–water partition coefficient (Wildman–Crippen LogP) is 6.35. The summed E-state index contributed by atoms with van der Waals surface area (Å²) in [6, 6.07) is 12.1. The molecule has 2 nitrogen and oxygen atoms in total. The molecule has 156 valence electrons. The van der Waals surface area contributed by atoms with Crippen LogP contribution in [-0.4, -0.2) is 22.9 Å². The maximum Gasteiger partial charge on any atom is 0.0240 e. The van der Waals surface area contributed by atoms with Crippen LogP contribution < -0.4 is 0 Å². The summed E-state index contributed by atoms with van der Waals surface area (Å²) in [5, 5.41) is 0. The Kier molecular flexibility index (Phi) is 6.13. The van der Waals surface area contributed by atoms with Crippen LogP contribution in [0.2, 0.25) is 0 Å². The van der Waals surface area contributed by atoms with E-state index in [4.69, 9.17) is 0 Å². The largest absolute Gasteiger partial charge is 0.295 e. The molecule has 0 fully saturated rings.